The zero-order valence-electron chi connectivity index (χ0n) is 14.6. The van der Waals surface area contributed by atoms with Crippen LogP contribution in [0.25, 0.3) is 0 Å². The van der Waals surface area contributed by atoms with Crippen LogP contribution in [0.1, 0.15) is 38.5 Å². The maximum Gasteiger partial charge on any atom is 0.330 e. The van der Waals surface area contributed by atoms with Gasteiger partial charge < -0.3 is 4.74 Å². The van der Waals surface area contributed by atoms with E-state index in [1.807, 2.05) is 6.07 Å². The number of hydrogen-bond acceptors (Lipinski definition) is 2. The predicted octanol–water partition coefficient (Wildman–Crippen LogP) is 4.21. The molecule has 0 spiro atoms. The van der Waals surface area contributed by atoms with E-state index in [9.17, 15) is 4.79 Å². The normalized spacial score (nSPS) is 11.8. The van der Waals surface area contributed by atoms with Crippen molar-refractivity contribution in [2.24, 2.45) is 0 Å². The first-order valence-electron chi connectivity index (χ1n) is 8.30. The van der Waals surface area contributed by atoms with Gasteiger partial charge in [0.2, 0.25) is 0 Å². The smallest absolute Gasteiger partial charge is 0.330 e. The van der Waals surface area contributed by atoms with Crippen molar-refractivity contribution in [1.29, 1.82) is 0 Å². The fraction of sp³-hybridized carbons (Fsp3) is 0.450. The summed E-state index contributed by atoms with van der Waals surface area (Å²) < 4.78 is 4.86. The third-order valence-electron chi connectivity index (χ3n) is 4.31. The number of carbonyl (C=O) groups is 1. The predicted molar refractivity (Wildman–Crippen MR) is 100 cm³/mol. The first-order valence-corrected chi connectivity index (χ1v) is 11.3. The topological polar surface area (TPSA) is 26.3 Å². The monoisotopic (exact) mass is 328 g/mol. The molecule has 0 fully saturated rings. The lowest BCUT2D eigenvalue weighted by Crippen LogP contribution is -2.44. The minimum atomic E-state index is -1.84. The van der Waals surface area contributed by atoms with Crippen molar-refractivity contribution in [3.63, 3.8) is 0 Å². The highest BCUT2D eigenvalue weighted by atomic mass is 28.3. The highest BCUT2D eigenvalue weighted by Crippen LogP contribution is 2.22. The van der Waals surface area contributed by atoms with E-state index in [4.69, 9.17) is 11.2 Å². The van der Waals surface area contributed by atoms with Gasteiger partial charge in [0, 0.05) is 12.5 Å². The molecule has 3 heteroatoms. The van der Waals surface area contributed by atoms with Crippen LogP contribution in [0, 0.1) is 12.3 Å². The van der Waals surface area contributed by atoms with E-state index < -0.39 is 8.07 Å². The van der Waals surface area contributed by atoms with E-state index in [0.717, 1.165) is 38.5 Å². The molecule has 0 atom stereocenters. The number of ether oxygens (including phenoxy) is 1. The summed E-state index contributed by atoms with van der Waals surface area (Å²) in [5.41, 5.74) is 0. The van der Waals surface area contributed by atoms with Crippen LogP contribution in [0.3, 0.4) is 0 Å². The van der Waals surface area contributed by atoms with E-state index in [0.29, 0.717) is 0 Å². The molecule has 1 aromatic rings. The summed E-state index contributed by atoms with van der Waals surface area (Å²) in [6.45, 7) is 4.60. The molecular formula is C20H28O2Si. The quantitative estimate of drug-likeness (QED) is 0.223. The van der Waals surface area contributed by atoms with Gasteiger partial charge in [-0.2, -0.15) is 0 Å². The standard InChI is InChI=1S/C20H28O2Si/c1-5-6-7-8-9-11-16-19(17-20(21)22-2)23(3,4)18-14-12-10-13-15-18/h1,10,12-15,17H,6-9,11,16H2,2-4H3/b19-17+. The number of hydrogen-bond donors (Lipinski definition) is 0. The Morgan fingerprint density at radius 1 is 1.17 bits per heavy atom. The molecule has 0 radical (unpaired) electrons. The van der Waals surface area contributed by atoms with Crippen molar-refractivity contribution in [3.8, 4) is 12.3 Å². The Balaban J connectivity index is 2.79. The summed E-state index contributed by atoms with van der Waals surface area (Å²) in [7, 11) is -0.398. The molecule has 0 saturated heterocycles. The van der Waals surface area contributed by atoms with E-state index in [-0.39, 0.29) is 5.97 Å². The number of rotatable bonds is 9. The second-order valence-corrected chi connectivity index (χ2v) is 10.8. The second-order valence-electron chi connectivity index (χ2n) is 6.30. The Hall–Kier alpha value is -1.79. The summed E-state index contributed by atoms with van der Waals surface area (Å²) in [5, 5.41) is 2.61. The lowest BCUT2D eigenvalue weighted by atomic mass is 10.1. The van der Waals surface area contributed by atoms with Gasteiger partial charge in [0.15, 0.2) is 0 Å². The number of carbonyl (C=O) groups excluding carboxylic acids is 1. The average Bonchev–Trinajstić information content (AvgIpc) is 2.57. The molecule has 0 aromatic heterocycles. The number of methoxy groups -OCH3 is 1. The average molecular weight is 329 g/mol. The molecule has 0 bridgehead atoms. The van der Waals surface area contributed by atoms with Crippen LogP contribution < -0.4 is 5.19 Å². The minimum absolute atomic E-state index is 0.246. The number of allylic oxidation sites excluding steroid dienone is 1. The van der Waals surface area contributed by atoms with Crippen LogP contribution >= 0.6 is 0 Å². The third-order valence-corrected chi connectivity index (χ3v) is 8.09. The molecule has 0 N–H and O–H groups in total. The SMILES string of the molecule is C#CCCCCCC/C(=C\C(=O)OC)[Si](C)(C)c1ccccc1. The van der Waals surface area contributed by atoms with Crippen molar-refractivity contribution in [3.05, 3.63) is 41.6 Å². The van der Waals surface area contributed by atoms with Gasteiger partial charge in [-0.05, 0) is 19.3 Å². The number of unbranched alkanes of at least 4 members (excludes halogenated alkanes) is 4. The fourth-order valence-corrected chi connectivity index (χ4v) is 5.38. The number of benzene rings is 1. The van der Waals surface area contributed by atoms with Gasteiger partial charge in [0.05, 0.1) is 7.11 Å². The summed E-state index contributed by atoms with van der Waals surface area (Å²) in [5.74, 6) is 2.43. The summed E-state index contributed by atoms with van der Waals surface area (Å²) in [4.78, 5) is 11.8. The Bertz CT molecular complexity index is 553. The molecule has 2 nitrogen and oxygen atoms in total. The van der Waals surface area contributed by atoms with Crippen molar-refractivity contribution < 1.29 is 9.53 Å². The molecule has 1 aromatic carbocycles. The first kappa shape index (κ1) is 19.3. The third kappa shape index (κ3) is 6.46. The second kappa shape index (κ2) is 10.1. The lowest BCUT2D eigenvalue weighted by molar-refractivity contribution is -0.134. The molecule has 0 saturated carbocycles. The van der Waals surface area contributed by atoms with Crippen molar-refractivity contribution in [2.75, 3.05) is 7.11 Å². The molecule has 0 aliphatic carbocycles. The Morgan fingerprint density at radius 3 is 2.43 bits per heavy atom. The molecular weight excluding hydrogens is 300 g/mol. The Kier molecular flexibility index (Phi) is 8.43. The molecule has 23 heavy (non-hydrogen) atoms. The molecule has 124 valence electrons. The van der Waals surface area contributed by atoms with Gasteiger partial charge >= 0.3 is 5.97 Å². The largest absolute Gasteiger partial charge is 0.466 e. The van der Waals surface area contributed by atoms with Gasteiger partial charge in [-0.25, -0.2) is 4.79 Å². The van der Waals surface area contributed by atoms with Crippen LogP contribution in [0.4, 0.5) is 0 Å². The van der Waals surface area contributed by atoms with E-state index in [2.05, 4.69) is 43.3 Å². The van der Waals surface area contributed by atoms with Gasteiger partial charge in [-0.1, -0.05) is 66.7 Å². The molecule has 0 aliphatic rings. The van der Waals surface area contributed by atoms with Crippen molar-refractivity contribution in [1.82, 2.24) is 0 Å². The Labute approximate surface area is 142 Å². The fourth-order valence-electron chi connectivity index (χ4n) is 2.70. The van der Waals surface area contributed by atoms with Gasteiger partial charge in [-0.15, -0.1) is 12.3 Å². The highest BCUT2D eigenvalue weighted by Gasteiger charge is 2.28. The van der Waals surface area contributed by atoms with Crippen LogP contribution in [0.2, 0.25) is 13.1 Å². The van der Waals surface area contributed by atoms with Gasteiger partial charge in [0.25, 0.3) is 0 Å². The van der Waals surface area contributed by atoms with Gasteiger partial charge in [-0.3, -0.25) is 0 Å². The zero-order chi connectivity index (χ0) is 17.1. The van der Waals surface area contributed by atoms with Crippen molar-refractivity contribution in [2.45, 2.75) is 51.6 Å². The van der Waals surface area contributed by atoms with Crippen molar-refractivity contribution >= 4 is 19.2 Å². The molecule has 0 amide bonds. The van der Waals surface area contributed by atoms with Crippen LogP contribution in [-0.4, -0.2) is 21.2 Å². The maximum atomic E-state index is 11.8. The molecule has 0 heterocycles. The van der Waals surface area contributed by atoms with Crippen LogP contribution in [0.5, 0.6) is 0 Å². The van der Waals surface area contributed by atoms with Crippen LogP contribution in [0.15, 0.2) is 41.6 Å². The lowest BCUT2D eigenvalue weighted by Gasteiger charge is -2.27. The zero-order valence-corrected chi connectivity index (χ0v) is 15.6. The van der Waals surface area contributed by atoms with E-state index in [1.54, 1.807) is 6.08 Å². The first-order chi connectivity index (χ1) is 11.0. The van der Waals surface area contributed by atoms with Gasteiger partial charge in [0.1, 0.15) is 8.07 Å². The summed E-state index contributed by atoms with van der Waals surface area (Å²) >= 11 is 0. The Morgan fingerprint density at radius 2 is 1.83 bits per heavy atom. The molecule has 0 unspecified atom stereocenters. The highest BCUT2D eigenvalue weighted by molar-refractivity contribution is 6.95. The maximum absolute atomic E-state index is 11.8. The summed E-state index contributed by atoms with van der Waals surface area (Å²) in [6, 6.07) is 10.5. The van der Waals surface area contributed by atoms with Crippen LogP contribution in [-0.2, 0) is 9.53 Å². The van der Waals surface area contributed by atoms with E-state index >= 15 is 0 Å². The minimum Gasteiger partial charge on any atom is -0.466 e. The number of terminal acetylenes is 1. The molecule has 1 rings (SSSR count). The van der Waals surface area contributed by atoms with E-state index in [1.165, 1.54) is 17.5 Å². The number of esters is 1. The molecule has 0 aliphatic heterocycles. The summed E-state index contributed by atoms with van der Waals surface area (Å²) in [6.07, 6.45) is 13.3.